The van der Waals surface area contributed by atoms with E-state index in [1.807, 2.05) is 0 Å². The van der Waals surface area contributed by atoms with Gasteiger partial charge in [-0.05, 0) is 52.4 Å². The van der Waals surface area contributed by atoms with Crippen molar-refractivity contribution in [1.29, 1.82) is 0 Å². The smallest absolute Gasteiger partial charge is 0.252 e. The van der Waals surface area contributed by atoms with Crippen molar-refractivity contribution in [3.05, 3.63) is 27.3 Å². The molecule has 0 saturated heterocycles. The molecular formula is C8H6ClIO2. The molecule has 0 N–H and O–H groups in total. The van der Waals surface area contributed by atoms with Gasteiger partial charge in [0, 0.05) is 5.56 Å². The van der Waals surface area contributed by atoms with Gasteiger partial charge in [0.15, 0.2) is 0 Å². The van der Waals surface area contributed by atoms with Gasteiger partial charge in [-0.3, -0.25) is 4.79 Å². The van der Waals surface area contributed by atoms with Gasteiger partial charge in [0.1, 0.15) is 5.75 Å². The van der Waals surface area contributed by atoms with E-state index in [9.17, 15) is 4.79 Å². The first-order valence-electron chi connectivity index (χ1n) is 3.18. The van der Waals surface area contributed by atoms with Crippen LogP contribution in [0.5, 0.6) is 5.75 Å². The third kappa shape index (κ3) is 2.10. The lowest BCUT2D eigenvalue weighted by molar-refractivity contribution is 0.108. The summed E-state index contributed by atoms with van der Waals surface area (Å²) < 4.78 is 5.97. The van der Waals surface area contributed by atoms with Gasteiger partial charge in [-0.1, -0.05) is 0 Å². The normalized spacial score (nSPS) is 9.58. The summed E-state index contributed by atoms with van der Waals surface area (Å²) in [7, 11) is 1.56. The van der Waals surface area contributed by atoms with Crippen LogP contribution in [-0.4, -0.2) is 12.4 Å². The van der Waals surface area contributed by atoms with Gasteiger partial charge in [0.25, 0.3) is 5.24 Å². The Balaban J connectivity index is 3.13. The zero-order chi connectivity index (χ0) is 9.14. The summed E-state index contributed by atoms with van der Waals surface area (Å²) >= 11 is 7.41. The van der Waals surface area contributed by atoms with Crippen LogP contribution in [0.2, 0.25) is 0 Å². The zero-order valence-electron chi connectivity index (χ0n) is 6.30. The summed E-state index contributed by atoms with van der Waals surface area (Å²) in [5.41, 5.74) is 0.453. The summed E-state index contributed by atoms with van der Waals surface area (Å²) in [6, 6.07) is 5.08. The molecule has 0 fully saturated rings. The predicted octanol–water partition coefficient (Wildman–Crippen LogP) is 2.68. The van der Waals surface area contributed by atoms with E-state index in [-0.39, 0.29) is 0 Å². The highest BCUT2D eigenvalue weighted by atomic mass is 127. The van der Waals surface area contributed by atoms with Crippen molar-refractivity contribution in [2.75, 3.05) is 7.11 Å². The average Bonchev–Trinajstić information content (AvgIpc) is 2.05. The highest BCUT2D eigenvalue weighted by Crippen LogP contribution is 2.22. The fraction of sp³-hybridized carbons (Fsp3) is 0.125. The molecule has 0 aliphatic carbocycles. The van der Waals surface area contributed by atoms with Gasteiger partial charge in [-0.25, -0.2) is 0 Å². The third-order valence-electron chi connectivity index (χ3n) is 1.38. The summed E-state index contributed by atoms with van der Waals surface area (Å²) in [5, 5.41) is -0.468. The van der Waals surface area contributed by atoms with Crippen LogP contribution >= 0.6 is 34.2 Å². The van der Waals surface area contributed by atoms with Gasteiger partial charge in [-0.15, -0.1) is 0 Å². The number of ether oxygens (including phenoxy) is 1. The molecule has 0 aliphatic rings. The third-order valence-corrected chi connectivity index (χ3v) is 2.49. The fourth-order valence-corrected chi connectivity index (χ4v) is 1.46. The summed E-state index contributed by atoms with van der Waals surface area (Å²) in [5.74, 6) is 0.669. The molecule has 0 amide bonds. The van der Waals surface area contributed by atoms with Crippen molar-refractivity contribution in [3.63, 3.8) is 0 Å². The molecule has 0 unspecified atom stereocenters. The number of benzene rings is 1. The van der Waals surface area contributed by atoms with Crippen molar-refractivity contribution in [2.24, 2.45) is 0 Å². The van der Waals surface area contributed by atoms with Gasteiger partial charge >= 0.3 is 0 Å². The topological polar surface area (TPSA) is 26.3 Å². The lowest BCUT2D eigenvalue weighted by Gasteiger charge is -2.03. The molecule has 0 aliphatic heterocycles. The Morgan fingerprint density at radius 1 is 1.58 bits per heavy atom. The second-order valence-electron chi connectivity index (χ2n) is 2.12. The molecule has 64 valence electrons. The van der Waals surface area contributed by atoms with Crippen molar-refractivity contribution in [2.45, 2.75) is 0 Å². The molecule has 0 atom stereocenters. The monoisotopic (exact) mass is 296 g/mol. The lowest BCUT2D eigenvalue weighted by Crippen LogP contribution is -1.92. The highest BCUT2D eigenvalue weighted by Gasteiger charge is 2.05. The predicted molar refractivity (Wildman–Crippen MR) is 55.9 cm³/mol. The second kappa shape index (κ2) is 4.09. The Bertz CT molecular complexity index is 312. The summed E-state index contributed by atoms with van der Waals surface area (Å²) in [4.78, 5) is 10.7. The number of carbonyl (C=O) groups is 1. The number of halogens is 2. The minimum atomic E-state index is -0.468. The van der Waals surface area contributed by atoms with E-state index in [4.69, 9.17) is 16.3 Å². The second-order valence-corrected chi connectivity index (χ2v) is 3.63. The molecule has 0 heterocycles. The number of methoxy groups -OCH3 is 1. The van der Waals surface area contributed by atoms with Crippen LogP contribution < -0.4 is 4.74 Å². The van der Waals surface area contributed by atoms with Crippen LogP contribution in [0.1, 0.15) is 10.4 Å². The van der Waals surface area contributed by atoms with Gasteiger partial charge in [0.2, 0.25) is 0 Å². The molecular weight excluding hydrogens is 290 g/mol. The van der Waals surface area contributed by atoms with Crippen LogP contribution in [0.25, 0.3) is 0 Å². The fourth-order valence-electron chi connectivity index (χ4n) is 0.782. The number of hydrogen-bond donors (Lipinski definition) is 0. The zero-order valence-corrected chi connectivity index (χ0v) is 9.22. The summed E-state index contributed by atoms with van der Waals surface area (Å²) in [6.07, 6.45) is 0. The van der Waals surface area contributed by atoms with Crippen molar-refractivity contribution in [3.8, 4) is 5.75 Å². The molecule has 1 aromatic carbocycles. The standard InChI is InChI=1S/C8H6ClIO2/c1-12-7-4-5(8(9)11)2-3-6(7)10/h2-4H,1H3. The Morgan fingerprint density at radius 3 is 2.75 bits per heavy atom. The maximum Gasteiger partial charge on any atom is 0.252 e. The molecule has 0 saturated carbocycles. The first-order chi connectivity index (χ1) is 5.65. The van der Waals surface area contributed by atoms with Crippen LogP contribution in [-0.2, 0) is 0 Å². The first kappa shape index (κ1) is 9.80. The first-order valence-corrected chi connectivity index (χ1v) is 4.64. The SMILES string of the molecule is COc1cc(C(=O)Cl)ccc1I. The molecule has 0 bridgehead atoms. The largest absolute Gasteiger partial charge is 0.496 e. The molecule has 12 heavy (non-hydrogen) atoms. The Kier molecular flexibility index (Phi) is 3.34. The van der Waals surface area contributed by atoms with E-state index < -0.39 is 5.24 Å². The number of rotatable bonds is 2. The number of carbonyl (C=O) groups excluding carboxylic acids is 1. The number of hydrogen-bond acceptors (Lipinski definition) is 2. The van der Waals surface area contributed by atoms with Gasteiger partial charge in [-0.2, -0.15) is 0 Å². The van der Waals surface area contributed by atoms with Crippen LogP contribution in [0.4, 0.5) is 0 Å². The van der Waals surface area contributed by atoms with Gasteiger partial charge < -0.3 is 4.74 Å². The van der Waals surface area contributed by atoms with E-state index >= 15 is 0 Å². The maximum atomic E-state index is 10.7. The van der Waals surface area contributed by atoms with Crippen molar-refractivity contribution < 1.29 is 9.53 Å². The molecule has 1 aromatic rings. The molecule has 1 rings (SSSR count). The minimum absolute atomic E-state index is 0.453. The Hall–Kier alpha value is -0.290. The quantitative estimate of drug-likeness (QED) is 0.619. The lowest BCUT2D eigenvalue weighted by atomic mass is 10.2. The molecule has 2 nitrogen and oxygen atoms in total. The minimum Gasteiger partial charge on any atom is -0.496 e. The van der Waals surface area contributed by atoms with Crippen molar-refractivity contribution >= 4 is 39.4 Å². The van der Waals surface area contributed by atoms with E-state index in [0.717, 1.165) is 3.57 Å². The van der Waals surface area contributed by atoms with Gasteiger partial charge in [0.05, 0.1) is 10.7 Å². The highest BCUT2D eigenvalue weighted by molar-refractivity contribution is 14.1. The average molecular weight is 296 g/mol. The van der Waals surface area contributed by atoms with Crippen LogP contribution in [0.3, 0.4) is 0 Å². The van der Waals surface area contributed by atoms with Crippen molar-refractivity contribution in [1.82, 2.24) is 0 Å². The molecule has 0 spiro atoms. The molecule has 4 heteroatoms. The van der Waals surface area contributed by atoms with E-state index in [1.165, 1.54) is 0 Å². The Labute approximate surface area is 89.0 Å². The Morgan fingerprint density at radius 2 is 2.25 bits per heavy atom. The maximum absolute atomic E-state index is 10.7. The summed E-state index contributed by atoms with van der Waals surface area (Å²) in [6.45, 7) is 0. The molecule has 0 radical (unpaired) electrons. The molecule has 0 aromatic heterocycles. The van der Waals surface area contributed by atoms with E-state index in [0.29, 0.717) is 11.3 Å². The van der Waals surface area contributed by atoms with E-state index in [2.05, 4.69) is 22.6 Å². The van der Waals surface area contributed by atoms with E-state index in [1.54, 1.807) is 25.3 Å². The van der Waals surface area contributed by atoms with Crippen LogP contribution in [0.15, 0.2) is 18.2 Å². The van der Waals surface area contributed by atoms with Crippen LogP contribution in [0, 0.1) is 3.57 Å².